The molecule has 0 fully saturated rings. The lowest BCUT2D eigenvalue weighted by Gasteiger charge is -2.07. The number of aryl methyl sites for hydroxylation is 1. The number of nitrogens with zero attached hydrogens (tertiary/aromatic N) is 3. The SMILES string of the molecule is CCCNc1nc(-c2cccc(Cl)c2)nnc1C. The smallest absolute Gasteiger partial charge is 0.183 e. The zero-order valence-corrected chi connectivity index (χ0v) is 11.2. The van der Waals surface area contributed by atoms with E-state index in [2.05, 4.69) is 27.4 Å². The molecule has 0 bridgehead atoms. The van der Waals surface area contributed by atoms with Crippen LogP contribution in [0.5, 0.6) is 0 Å². The van der Waals surface area contributed by atoms with Crippen LogP contribution in [0, 0.1) is 6.92 Å². The molecule has 0 saturated carbocycles. The van der Waals surface area contributed by atoms with E-state index in [9.17, 15) is 0 Å². The molecule has 18 heavy (non-hydrogen) atoms. The Morgan fingerprint density at radius 1 is 1.28 bits per heavy atom. The maximum absolute atomic E-state index is 5.96. The topological polar surface area (TPSA) is 50.7 Å². The summed E-state index contributed by atoms with van der Waals surface area (Å²) in [4.78, 5) is 4.48. The van der Waals surface area contributed by atoms with E-state index in [1.807, 2.05) is 31.2 Å². The predicted octanol–water partition coefficient (Wildman–Crippen LogP) is 3.32. The van der Waals surface area contributed by atoms with E-state index in [1.54, 1.807) is 0 Å². The number of nitrogens with one attached hydrogen (secondary N) is 1. The van der Waals surface area contributed by atoms with Gasteiger partial charge in [0.1, 0.15) is 5.69 Å². The van der Waals surface area contributed by atoms with Crippen molar-refractivity contribution in [3.05, 3.63) is 35.0 Å². The average molecular weight is 263 g/mol. The fourth-order valence-electron chi connectivity index (χ4n) is 1.54. The summed E-state index contributed by atoms with van der Waals surface area (Å²) in [5.41, 5.74) is 1.67. The van der Waals surface area contributed by atoms with Gasteiger partial charge in [0.05, 0.1) is 0 Å². The van der Waals surface area contributed by atoms with Crippen LogP contribution in [0.2, 0.25) is 5.02 Å². The monoisotopic (exact) mass is 262 g/mol. The van der Waals surface area contributed by atoms with Crippen molar-refractivity contribution >= 4 is 17.4 Å². The molecule has 0 saturated heterocycles. The third kappa shape index (κ3) is 2.96. The zero-order chi connectivity index (χ0) is 13.0. The normalized spacial score (nSPS) is 10.4. The van der Waals surface area contributed by atoms with Gasteiger partial charge in [-0.2, -0.15) is 0 Å². The summed E-state index contributed by atoms with van der Waals surface area (Å²) in [5.74, 6) is 1.36. The Labute approximate surface area is 111 Å². The van der Waals surface area contributed by atoms with Crippen molar-refractivity contribution < 1.29 is 0 Å². The first-order chi connectivity index (χ1) is 8.70. The van der Waals surface area contributed by atoms with Crippen LogP contribution in [-0.4, -0.2) is 21.7 Å². The van der Waals surface area contributed by atoms with Gasteiger partial charge in [-0.3, -0.25) is 0 Å². The van der Waals surface area contributed by atoms with Crippen molar-refractivity contribution in [3.63, 3.8) is 0 Å². The number of rotatable bonds is 4. The fourth-order valence-corrected chi connectivity index (χ4v) is 1.73. The first kappa shape index (κ1) is 12.8. The van der Waals surface area contributed by atoms with Crippen molar-refractivity contribution in [2.45, 2.75) is 20.3 Å². The second kappa shape index (κ2) is 5.78. The molecule has 0 aliphatic carbocycles. The van der Waals surface area contributed by atoms with Gasteiger partial charge in [-0.05, 0) is 25.5 Å². The van der Waals surface area contributed by atoms with Crippen molar-refractivity contribution in [2.24, 2.45) is 0 Å². The molecule has 0 radical (unpaired) electrons. The highest BCUT2D eigenvalue weighted by molar-refractivity contribution is 6.30. The van der Waals surface area contributed by atoms with Gasteiger partial charge in [-0.15, -0.1) is 10.2 Å². The standard InChI is InChI=1S/C13H15ClN4/c1-3-7-15-12-9(2)17-18-13(16-12)10-5-4-6-11(14)8-10/h4-6,8H,3,7H2,1-2H3,(H,15,16,18). The van der Waals surface area contributed by atoms with E-state index >= 15 is 0 Å². The minimum absolute atomic E-state index is 0.585. The Hall–Kier alpha value is -1.68. The number of aromatic nitrogens is 3. The van der Waals surface area contributed by atoms with Gasteiger partial charge in [0.15, 0.2) is 11.6 Å². The van der Waals surface area contributed by atoms with Crippen LogP contribution in [0.25, 0.3) is 11.4 Å². The van der Waals surface area contributed by atoms with Crippen LogP contribution >= 0.6 is 11.6 Å². The third-order valence-corrected chi connectivity index (χ3v) is 2.72. The summed E-state index contributed by atoms with van der Waals surface area (Å²) >= 11 is 5.96. The number of hydrogen-bond acceptors (Lipinski definition) is 4. The van der Waals surface area contributed by atoms with E-state index < -0.39 is 0 Å². The van der Waals surface area contributed by atoms with Crippen molar-refractivity contribution in [1.29, 1.82) is 0 Å². The molecule has 4 nitrogen and oxygen atoms in total. The predicted molar refractivity (Wildman–Crippen MR) is 73.8 cm³/mol. The summed E-state index contributed by atoms with van der Waals surface area (Å²) in [6.45, 7) is 4.86. The van der Waals surface area contributed by atoms with Gasteiger partial charge >= 0.3 is 0 Å². The van der Waals surface area contributed by atoms with Gasteiger partial charge in [-0.25, -0.2) is 4.98 Å². The quantitative estimate of drug-likeness (QED) is 0.918. The van der Waals surface area contributed by atoms with Crippen LogP contribution in [0.1, 0.15) is 19.0 Å². The molecular weight excluding hydrogens is 248 g/mol. The molecular formula is C13H15ClN4. The molecule has 94 valence electrons. The second-order valence-electron chi connectivity index (χ2n) is 4.01. The van der Waals surface area contributed by atoms with Gasteiger partial charge in [0.25, 0.3) is 0 Å². The zero-order valence-electron chi connectivity index (χ0n) is 10.4. The van der Waals surface area contributed by atoms with Crippen molar-refractivity contribution in [3.8, 4) is 11.4 Å². The highest BCUT2D eigenvalue weighted by atomic mass is 35.5. The molecule has 0 amide bonds. The summed E-state index contributed by atoms with van der Waals surface area (Å²) < 4.78 is 0. The molecule has 5 heteroatoms. The Morgan fingerprint density at radius 2 is 2.11 bits per heavy atom. The molecule has 0 atom stereocenters. The summed E-state index contributed by atoms with van der Waals surface area (Å²) in [6, 6.07) is 7.45. The molecule has 1 N–H and O–H groups in total. The largest absolute Gasteiger partial charge is 0.368 e. The molecule has 2 aromatic rings. The lowest BCUT2D eigenvalue weighted by Crippen LogP contribution is -2.07. The van der Waals surface area contributed by atoms with E-state index in [1.165, 1.54) is 0 Å². The fraction of sp³-hybridized carbons (Fsp3) is 0.308. The van der Waals surface area contributed by atoms with E-state index in [0.29, 0.717) is 10.8 Å². The van der Waals surface area contributed by atoms with Crippen LogP contribution in [0.3, 0.4) is 0 Å². The summed E-state index contributed by atoms with van der Waals surface area (Å²) in [5, 5.41) is 12.1. The molecule has 1 heterocycles. The Bertz CT molecular complexity index is 542. The number of hydrogen-bond donors (Lipinski definition) is 1. The Balaban J connectivity index is 2.34. The van der Waals surface area contributed by atoms with Crippen LogP contribution in [0.15, 0.2) is 24.3 Å². The Morgan fingerprint density at radius 3 is 2.83 bits per heavy atom. The maximum atomic E-state index is 5.96. The number of halogens is 1. The summed E-state index contributed by atoms with van der Waals surface area (Å²) in [7, 11) is 0. The van der Waals surface area contributed by atoms with E-state index in [4.69, 9.17) is 11.6 Å². The third-order valence-electron chi connectivity index (χ3n) is 2.48. The molecule has 0 aliphatic heterocycles. The van der Waals surface area contributed by atoms with Crippen LogP contribution < -0.4 is 5.32 Å². The van der Waals surface area contributed by atoms with Crippen molar-refractivity contribution in [2.75, 3.05) is 11.9 Å². The van der Waals surface area contributed by atoms with Gasteiger partial charge in [-0.1, -0.05) is 30.7 Å². The highest BCUT2D eigenvalue weighted by Crippen LogP contribution is 2.20. The molecule has 0 unspecified atom stereocenters. The molecule has 2 rings (SSSR count). The van der Waals surface area contributed by atoms with Crippen molar-refractivity contribution in [1.82, 2.24) is 15.2 Å². The first-order valence-electron chi connectivity index (χ1n) is 5.92. The van der Waals surface area contributed by atoms with Crippen LogP contribution in [0.4, 0.5) is 5.82 Å². The van der Waals surface area contributed by atoms with Crippen LogP contribution in [-0.2, 0) is 0 Å². The maximum Gasteiger partial charge on any atom is 0.183 e. The van der Waals surface area contributed by atoms with E-state index in [-0.39, 0.29) is 0 Å². The molecule has 1 aromatic heterocycles. The lowest BCUT2D eigenvalue weighted by atomic mass is 10.2. The van der Waals surface area contributed by atoms with E-state index in [0.717, 1.165) is 30.0 Å². The molecule has 1 aromatic carbocycles. The second-order valence-corrected chi connectivity index (χ2v) is 4.44. The number of anilines is 1. The first-order valence-corrected chi connectivity index (χ1v) is 6.29. The van der Waals surface area contributed by atoms with Gasteiger partial charge < -0.3 is 5.32 Å². The molecule has 0 spiro atoms. The summed E-state index contributed by atoms with van der Waals surface area (Å²) in [6.07, 6.45) is 1.04. The Kier molecular flexibility index (Phi) is 4.10. The highest BCUT2D eigenvalue weighted by Gasteiger charge is 2.07. The average Bonchev–Trinajstić information content (AvgIpc) is 2.38. The minimum atomic E-state index is 0.585. The number of benzene rings is 1. The lowest BCUT2D eigenvalue weighted by molar-refractivity contribution is 0.908. The minimum Gasteiger partial charge on any atom is -0.368 e. The molecule has 0 aliphatic rings. The van der Waals surface area contributed by atoms with Gasteiger partial charge in [0.2, 0.25) is 0 Å². The van der Waals surface area contributed by atoms with Gasteiger partial charge in [0, 0.05) is 17.1 Å².